The highest BCUT2D eigenvalue weighted by Crippen LogP contribution is 2.41. The molecular weight excluding hydrogens is 256 g/mol. The van der Waals surface area contributed by atoms with Crippen molar-refractivity contribution in [1.82, 2.24) is 0 Å². The van der Waals surface area contributed by atoms with Crippen molar-refractivity contribution in [2.75, 3.05) is 14.2 Å². The monoisotopic (exact) mass is 292 g/mol. The molecule has 0 rings (SSSR count). The first-order valence-electron chi connectivity index (χ1n) is 7.62. The molecule has 0 aliphatic rings. The van der Waals surface area contributed by atoms with Crippen LogP contribution in [0.3, 0.4) is 0 Å². The van der Waals surface area contributed by atoms with Crippen molar-refractivity contribution < 1.29 is 8.85 Å². The maximum absolute atomic E-state index is 6.00. The SMILES string of the molecule is CC.CC[Si](CC)(OC)C(C)[Si](CC)(CC)OC. The molecule has 0 unspecified atom stereocenters. The van der Waals surface area contributed by atoms with Crippen LogP contribution in [0.1, 0.15) is 48.5 Å². The fourth-order valence-electron chi connectivity index (χ4n) is 3.14. The molecule has 18 heavy (non-hydrogen) atoms. The third-order valence-corrected chi connectivity index (χ3v) is 17.5. The highest BCUT2D eigenvalue weighted by molar-refractivity contribution is 6.93. The zero-order chi connectivity index (χ0) is 14.8. The van der Waals surface area contributed by atoms with Gasteiger partial charge in [0.1, 0.15) is 0 Å². The van der Waals surface area contributed by atoms with Crippen LogP contribution in [-0.4, -0.2) is 30.9 Å². The first-order valence-corrected chi connectivity index (χ1v) is 12.4. The van der Waals surface area contributed by atoms with Crippen molar-refractivity contribution in [2.45, 2.75) is 77.8 Å². The minimum absolute atomic E-state index is 0.681. The maximum Gasteiger partial charge on any atom is 0.194 e. The molecule has 0 saturated heterocycles. The van der Waals surface area contributed by atoms with Crippen molar-refractivity contribution in [2.24, 2.45) is 0 Å². The summed E-state index contributed by atoms with van der Waals surface area (Å²) in [4.78, 5) is 0. The van der Waals surface area contributed by atoms with E-state index < -0.39 is 16.6 Å². The minimum atomic E-state index is -1.58. The van der Waals surface area contributed by atoms with Gasteiger partial charge in [0.25, 0.3) is 0 Å². The lowest BCUT2D eigenvalue weighted by Gasteiger charge is -2.43. The summed E-state index contributed by atoms with van der Waals surface area (Å²) in [5.74, 6) is 0. The normalized spacial score (nSPS) is 12.3. The van der Waals surface area contributed by atoms with Crippen molar-refractivity contribution >= 4 is 16.6 Å². The van der Waals surface area contributed by atoms with E-state index in [9.17, 15) is 0 Å². The van der Waals surface area contributed by atoms with Gasteiger partial charge in [-0.1, -0.05) is 48.5 Å². The molecule has 112 valence electrons. The molecule has 0 aromatic heterocycles. The Morgan fingerprint density at radius 1 is 0.722 bits per heavy atom. The first kappa shape index (κ1) is 20.7. The van der Waals surface area contributed by atoms with Crippen molar-refractivity contribution in [3.05, 3.63) is 0 Å². The summed E-state index contributed by atoms with van der Waals surface area (Å²) in [6, 6.07) is 4.83. The molecule has 0 atom stereocenters. The highest BCUT2D eigenvalue weighted by Gasteiger charge is 2.49. The Morgan fingerprint density at radius 2 is 0.944 bits per heavy atom. The molecule has 0 heterocycles. The van der Waals surface area contributed by atoms with E-state index in [1.54, 1.807) is 0 Å². The second kappa shape index (κ2) is 10.2. The molecule has 2 nitrogen and oxygen atoms in total. The van der Waals surface area contributed by atoms with Crippen LogP contribution in [0.4, 0.5) is 0 Å². The summed E-state index contributed by atoms with van der Waals surface area (Å²) >= 11 is 0. The Morgan fingerprint density at radius 3 is 1.06 bits per heavy atom. The van der Waals surface area contributed by atoms with Crippen molar-refractivity contribution in [3.63, 3.8) is 0 Å². The molecular formula is C14H36O2Si2. The predicted octanol–water partition coefficient (Wildman–Crippen LogP) is 5.21. The summed E-state index contributed by atoms with van der Waals surface area (Å²) in [7, 11) is 0.660. The largest absolute Gasteiger partial charge is 0.420 e. The van der Waals surface area contributed by atoms with Crippen molar-refractivity contribution in [3.8, 4) is 0 Å². The second-order valence-corrected chi connectivity index (χ2v) is 14.9. The molecule has 0 amide bonds. The third kappa shape index (κ3) is 4.18. The second-order valence-electron chi connectivity index (χ2n) is 4.67. The fraction of sp³-hybridized carbons (Fsp3) is 1.00. The van der Waals surface area contributed by atoms with Crippen LogP contribution in [0.15, 0.2) is 0 Å². The van der Waals surface area contributed by atoms with Gasteiger partial charge in [-0.3, -0.25) is 0 Å². The van der Waals surface area contributed by atoms with Gasteiger partial charge in [-0.15, -0.1) is 0 Å². The molecule has 0 fully saturated rings. The summed E-state index contributed by atoms with van der Waals surface area (Å²) in [5.41, 5.74) is 0. The van der Waals surface area contributed by atoms with Crippen LogP contribution in [0.25, 0.3) is 0 Å². The summed E-state index contributed by atoms with van der Waals surface area (Å²) in [6.45, 7) is 15.5. The number of hydrogen-bond acceptors (Lipinski definition) is 2. The predicted molar refractivity (Wildman–Crippen MR) is 88.2 cm³/mol. The van der Waals surface area contributed by atoms with Crippen LogP contribution in [-0.2, 0) is 8.85 Å². The van der Waals surface area contributed by atoms with Crippen molar-refractivity contribution in [1.29, 1.82) is 0 Å². The Kier molecular flexibility index (Phi) is 11.7. The third-order valence-electron chi connectivity index (χ3n) is 4.79. The van der Waals surface area contributed by atoms with Gasteiger partial charge in [0.05, 0.1) is 0 Å². The number of hydrogen-bond donors (Lipinski definition) is 0. The van der Waals surface area contributed by atoms with E-state index in [1.165, 1.54) is 24.2 Å². The minimum Gasteiger partial charge on any atom is -0.420 e. The van der Waals surface area contributed by atoms with Crippen LogP contribution in [0.2, 0.25) is 29.3 Å². The Hall–Kier alpha value is 0.354. The van der Waals surface area contributed by atoms with Crippen LogP contribution < -0.4 is 0 Å². The molecule has 0 aromatic carbocycles. The van der Waals surface area contributed by atoms with E-state index in [2.05, 4.69) is 34.6 Å². The molecule has 0 saturated carbocycles. The van der Waals surface area contributed by atoms with E-state index in [-0.39, 0.29) is 0 Å². The Bertz CT molecular complexity index is 154. The van der Waals surface area contributed by atoms with Crippen LogP contribution in [0.5, 0.6) is 0 Å². The molecule has 0 aliphatic carbocycles. The quantitative estimate of drug-likeness (QED) is 0.572. The van der Waals surface area contributed by atoms with Gasteiger partial charge in [-0.25, -0.2) is 0 Å². The summed E-state index contributed by atoms with van der Waals surface area (Å²) in [6.07, 6.45) is 0. The first-order chi connectivity index (χ1) is 8.52. The smallest absolute Gasteiger partial charge is 0.194 e. The lowest BCUT2D eigenvalue weighted by molar-refractivity contribution is 0.360. The fourth-order valence-corrected chi connectivity index (χ4v) is 15.4. The van der Waals surface area contributed by atoms with E-state index in [1.807, 2.05) is 28.1 Å². The lowest BCUT2D eigenvalue weighted by Crippen LogP contribution is -2.54. The standard InChI is InChI=1S/C12H30O2Si2.C2H6/c1-8-15(9-2,13-6)12(5)16(10-3,11-4)14-7;1-2/h12H,8-11H2,1-7H3;1-2H3. The zero-order valence-corrected chi connectivity index (χ0v) is 16.2. The lowest BCUT2D eigenvalue weighted by atomic mass is 10.9. The van der Waals surface area contributed by atoms with Gasteiger partial charge >= 0.3 is 0 Å². The molecule has 0 N–H and O–H groups in total. The maximum atomic E-state index is 6.00. The molecule has 0 spiro atoms. The zero-order valence-electron chi connectivity index (χ0n) is 14.2. The topological polar surface area (TPSA) is 18.5 Å². The van der Waals surface area contributed by atoms with Crippen LogP contribution in [0, 0.1) is 0 Å². The van der Waals surface area contributed by atoms with Gasteiger partial charge in [-0.2, -0.15) is 0 Å². The molecule has 0 aromatic rings. The van der Waals surface area contributed by atoms with Gasteiger partial charge in [0.15, 0.2) is 16.6 Å². The molecule has 0 aliphatic heterocycles. The van der Waals surface area contributed by atoms with E-state index >= 15 is 0 Å². The molecule has 0 radical (unpaired) electrons. The summed E-state index contributed by atoms with van der Waals surface area (Å²) in [5, 5.41) is 0.681. The Labute approximate surface area is 118 Å². The van der Waals surface area contributed by atoms with Gasteiger partial charge in [-0.05, 0) is 29.3 Å². The van der Waals surface area contributed by atoms with Gasteiger partial charge in [0.2, 0.25) is 0 Å². The average Bonchev–Trinajstić information content (AvgIpc) is 2.46. The Balaban J connectivity index is 0. The van der Waals surface area contributed by atoms with E-state index in [4.69, 9.17) is 8.85 Å². The van der Waals surface area contributed by atoms with E-state index in [0.717, 1.165) is 0 Å². The van der Waals surface area contributed by atoms with E-state index in [0.29, 0.717) is 5.16 Å². The molecule has 4 heteroatoms. The van der Waals surface area contributed by atoms with Crippen LogP contribution >= 0.6 is 0 Å². The average molecular weight is 293 g/mol. The van der Waals surface area contributed by atoms with Gasteiger partial charge < -0.3 is 8.85 Å². The number of rotatable bonds is 8. The van der Waals surface area contributed by atoms with Gasteiger partial charge in [0, 0.05) is 14.2 Å². The highest BCUT2D eigenvalue weighted by atomic mass is 28.4. The summed E-state index contributed by atoms with van der Waals surface area (Å²) < 4.78 is 12.0. The molecule has 0 bridgehead atoms.